The monoisotopic (exact) mass is 254 g/mol. The largest absolute Gasteiger partial charge is 0.472 e. The first kappa shape index (κ1) is 14.9. The zero-order valence-corrected chi connectivity index (χ0v) is 12.1. The van der Waals surface area contributed by atoms with Gasteiger partial charge >= 0.3 is 0 Å². The molecule has 0 saturated heterocycles. The van der Waals surface area contributed by atoms with Crippen LogP contribution in [0.3, 0.4) is 0 Å². The van der Waals surface area contributed by atoms with Gasteiger partial charge in [0.1, 0.15) is 11.4 Å². The van der Waals surface area contributed by atoms with E-state index in [0.717, 1.165) is 5.56 Å². The SMILES string of the molecule is CC(C)(C)NCc1cc(F)cnc1OC(C)(C)C. The Bertz CT molecular complexity index is 405. The lowest BCUT2D eigenvalue weighted by atomic mass is 10.1. The molecule has 0 spiro atoms. The number of hydrogen-bond acceptors (Lipinski definition) is 3. The van der Waals surface area contributed by atoms with E-state index in [1.165, 1.54) is 12.3 Å². The van der Waals surface area contributed by atoms with Crippen molar-refractivity contribution in [1.29, 1.82) is 0 Å². The minimum atomic E-state index is -0.346. The van der Waals surface area contributed by atoms with Gasteiger partial charge in [-0.3, -0.25) is 0 Å². The third-order valence-electron chi connectivity index (χ3n) is 2.10. The van der Waals surface area contributed by atoms with Gasteiger partial charge in [0.2, 0.25) is 5.88 Å². The van der Waals surface area contributed by atoms with Crippen molar-refractivity contribution in [3.05, 3.63) is 23.6 Å². The standard InChI is InChI=1S/C14H23FN2O/c1-13(2,3)17-8-10-7-11(15)9-16-12(10)18-14(4,5)6/h7,9,17H,8H2,1-6H3. The zero-order valence-electron chi connectivity index (χ0n) is 12.1. The maximum absolute atomic E-state index is 13.3. The fourth-order valence-corrected chi connectivity index (χ4v) is 1.34. The predicted octanol–water partition coefficient (Wildman–Crippen LogP) is 3.29. The molecule has 0 aliphatic carbocycles. The third kappa shape index (κ3) is 5.45. The van der Waals surface area contributed by atoms with Gasteiger partial charge in [-0.2, -0.15) is 0 Å². The lowest BCUT2D eigenvalue weighted by molar-refractivity contribution is 0.121. The fraction of sp³-hybridized carbons (Fsp3) is 0.643. The Kier molecular flexibility index (Phi) is 4.32. The van der Waals surface area contributed by atoms with Crippen molar-refractivity contribution in [3.8, 4) is 5.88 Å². The summed E-state index contributed by atoms with van der Waals surface area (Å²) in [5, 5.41) is 3.30. The highest BCUT2D eigenvalue weighted by molar-refractivity contribution is 5.26. The number of halogens is 1. The Balaban J connectivity index is 2.90. The highest BCUT2D eigenvalue weighted by atomic mass is 19.1. The van der Waals surface area contributed by atoms with Gasteiger partial charge in [-0.15, -0.1) is 0 Å². The number of hydrogen-bond donors (Lipinski definition) is 1. The molecule has 1 aromatic rings. The van der Waals surface area contributed by atoms with E-state index in [0.29, 0.717) is 12.4 Å². The molecule has 18 heavy (non-hydrogen) atoms. The normalized spacial score (nSPS) is 12.6. The van der Waals surface area contributed by atoms with E-state index in [1.807, 2.05) is 20.8 Å². The Morgan fingerprint density at radius 3 is 2.33 bits per heavy atom. The van der Waals surface area contributed by atoms with Crippen molar-refractivity contribution < 1.29 is 9.13 Å². The Hall–Kier alpha value is -1.16. The van der Waals surface area contributed by atoms with E-state index in [9.17, 15) is 4.39 Å². The van der Waals surface area contributed by atoms with Crippen LogP contribution in [-0.4, -0.2) is 16.1 Å². The van der Waals surface area contributed by atoms with Crippen LogP contribution in [0, 0.1) is 5.82 Å². The summed E-state index contributed by atoms with van der Waals surface area (Å²) >= 11 is 0. The van der Waals surface area contributed by atoms with E-state index < -0.39 is 0 Å². The van der Waals surface area contributed by atoms with E-state index >= 15 is 0 Å². The zero-order chi connectivity index (χ0) is 14.0. The summed E-state index contributed by atoms with van der Waals surface area (Å²) in [6.45, 7) is 12.5. The summed E-state index contributed by atoms with van der Waals surface area (Å²) < 4.78 is 19.0. The van der Waals surface area contributed by atoms with Crippen LogP contribution in [0.5, 0.6) is 5.88 Å². The topological polar surface area (TPSA) is 34.2 Å². The van der Waals surface area contributed by atoms with Gasteiger partial charge in [0.25, 0.3) is 0 Å². The smallest absolute Gasteiger partial charge is 0.218 e. The van der Waals surface area contributed by atoms with Crippen molar-refractivity contribution in [2.75, 3.05) is 0 Å². The number of aromatic nitrogens is 1. The van der Waals surface area contributed by atoms with Gasteiger partial charge in [-0.25, -0.2) is 9.37 Å². The summed E-state index contributed by atoms with van der Waals surface area (Å²) in [4.78, 5) is 4.03. The molecule has 1 heterocycles. The van der Waals surface area contributed by atoms with Crippen LogP contribution in [0.2, 0.25) is 0 Å². The maximum Gasteiger partial charge on any atom is 0.218 e. The number of nitrogens with zero attached hydrogens (tertiary/aromatic N) is 1. The van der Waals surface area contributed by atoms with Crippen LogP contribution in [0.25, 0.3) is 0 Å². The average Bonchev–Trinajstić information content (AvgIpc) is 2.15. The van der Waals surface area contributed by atoms with Gasteiger partial charge in [-0.1, -0.05) is 0 Å². The minimum absolute atomic E-state index is 0.0364. The molecule has 0 amide bonds. The molecule has 0 saturated carbocycles. The molecule has 1 N–H and O–H groups in total. The minimum Gasteiger partial charge on any atom is -0.472 e. The van der Waals surface area contributed by atoms with E-state index in [4.69, 9.17) is 4.74 Å². The number of ether oxygens (including phenoxy) is 1. The van der Waals surface area contributed by atoms with Gasteiger partial charge in [0.05, 0.1) is 6.20 Å². The molecular weight excluding hydrogens is 231 g/mol. The van der Waals surface area contributed by atoms with Crippen LogP contribution in [0.1, 0.15) is 47.1 Å². The van der Waals surface area contributed by atoms with Crippen molar-refractivity contribution in [1.82, 2.24) is 10.3 Å². The Labute approximate surface area is 109 Å². The van der Waals surface area contributed by atoms with Gasteiger partial charge in [-0.05, 0) is 47.6 Å². The lowest BCUT2D eigenvalue weighted by Crippen LogP contribution is -2.35. The molecule has 0 unspecified atom stereocenters. The van der Waals surface area contributed by atoms with Crippen LogP contribution >= 0.6 is 0 Å². The van der Waals surface area contributed by atoms with E-state index in [-0.39, 0.29) is 17.0 Å². The highest BCUT2D eigenvalue weighted by Crippen LogP contribution is 2.21. The fourth-order valence-electron chi connectivity index (χ4n) is 1.34. The molecule has 0 fully saturated rings. The molecule has 0 atom stereocenters. The summed E-state index contributed by atoms with van der Waals surface area (Å²) in [5.74, 6) is 0.141. The maximum atomic E-state index is 13.3. The van der Waals surface area contributed by atoms with Crippen LogP contribution in [0.4, 0.5) is 4.39 Å². The number of rotatable bonds is 3. The summed E-state index contributed by atoms with van der Waals surface area (Å²) in [7, 11) is 0. The van der Waals surface area contributed by atoms with Crippen molar-refractivity contribution in [2.24, 2.45) is 0 Å². The molecule has 1 aromatic heterocycles. The average molecular weight is 254 g/mol. The van der Waals surface area contributed by atoms with Crippen LogP contribution in [0.15, 0.2) is 12.3 Å². The summed E-state index contributed by atoms with van der Waals surface area (Å²) in [6, 6.07) is 1.47. The van der Waals surface area contributed by atoms with Crippen molar-refractivity contribution in [3.63, 3.8) is 0 Å². The quantitative estimate of drug-likeness (QED) is 0.898. The van der Waals surface area contributed by atoms with Crippen molar-refractivity contribution in [2.45, 2.75) is 59.2 Å². The van der Waals surface area contributed by atoms with Gasteiger partial charge in [0, 0.05) is 17.6 Å². The second-order valence-electron chi connectivity index (χ2n) is 6.44. The molecule has 0 aliphatic rings. The van der Waals surface area contributed by atoms with Gasteiger partial charge in [0.15, 0.2) is 0 Å². The Morgan fingerprint density at radius 1 is 1.22 bits per heavy atom. The predicted molar refractivity (Wildman–Crippen MR) is 71.2 cm³/mol. The number of pyridine rings is 1. The highest BCUT2D eigenvalue weighted by Gasteiger charge is 2.18. The molecular formula is C14H23FN2O. The molecule has 0 radical (unpaired) electrons. The van der Waals surface area contributed by atoms with Crippen molar-refractivity contribution >= 4 is 0 Å². The lowest BCUT2D eigenvalue weighted by Gasteiger charge is -2.24. The molecule has 102 valence electrons. The molecule has 4 heteroatoms. The van der Waals surface area contributed by atoms with E-state index in [1.54, 1.807) is 0 Å². The molecule has 0 aromatic carbocycles. The first-order chi connectivity index (χ1) is 8.07. The number of nitrogens with one attached hydrogen (secondary N) is 1. The molecule has 3 nitrogen and oxygen atoms in total. The molecule has 0 aliphatic heterocycles. The summed E-state index contributed by atoms with van der Waals surface area (Å²) in [5.41, 5.74) is 0.354. The first-order valence-corrected chi connectivity index (χ1v) is 6.15. The van der Waals surface area contributed by atoms with E-state index in [2.05, 4.69) is 31.1 Å². The van der Waals surface area contributed by atoms with Gasteiger partial charge < -0.3 is 10.1 Å². The second-order valence-corrected chi connectivity index (χ2v) is 6.44. The molecule has 1 rings (SSSR count). The summed E-state index contributed by atoms with van der Waals surface area (Å²) in [6.07, 6.45) is 1.18. The third-order valence-corrected chi connectivity index (χ3v) is 2.10. The molecule has 0 bridgehead atoms. The Morgan fingerprint density at radius 2 is 1.83 bits per heavy atom. The van der Waals surface area contributed by atoms with Crippen LogP contribution in [-0.2, 0) is 6.54 Å². The first-order valence-electron chi connectivity index (χ1n) is 6.15. The van der Waals surface area contributed by atoms with Crippen LogP contribution < -0.4 is 10.1 Å². The second kappa shape index (κ2) is 5.22.